The molecule has 26 heavy (non-hydrogen) atoms. The van der Waals surface area contributed by atoms with Crippen molar-refractivity contribution in [2.75, 3.05) is 31.1 Å². The van der Waals surface area contributed by atoms with E-state index < -0.39 is 5.60 Å². The highest BCUT2D eigenvalue weighted by molar-refractivity contribution is 5.90. The van der Waals surface area contributed by atoms with Crippen LogP contribution in [0.25, 0.3) is 10.9 Å². The Kier molecular flexibility index (Phi) is 6.00. The van der Waals surface area contributed by atoms with Crippen molar-refractivity contribution >= 4 is 22.5 Å². The molecule has 3 heterocycles. The molecule has 0 saturated carbocycles. The molecule has 1 saturated heterocycles. The summed E-state index contributed by atoms with van der Waals surface area (Å²) in [7, 11) is 0. The zero-order valence-corrected chi connectivity index (χ0v) is 15.0. The molecule has 7 nitrogen and oxygen atoms in total. The van der Waals surface area contributed by atoms with Crippen LogP contribution < -0.4 is 16.0 Å². The Balaban J connectivity index is 1.55. The van der Waals surface area contributed by atoms with E-state index in [-0.39, 0.29) is 5.91 Å². The van der Waals surface area contributed by atoms with Crippen LogP contribution in [0.3, 0.4) is 0 Å². The first-order chi connectivity index (χ1) is 12.6. The maximum atomic E-state index is 11.8. The third-order valence-electron chi connectivity index (χ3n) is 5.03. The standard InChI is InChI=1S/C19H27N5O2/c20-8-2-1-3-18(25)23-14-19(26)6-11-24(12-7-19)17-5-10-22-16-4-9-21-13-15(16)17/h4-5,9-10,13,26H,1-3,6-8,11-12,14,20H2,(H,23,25). The SMILES string of the molecule is NCCCCC(=O)NCC1(O)CCN(c2ccnc3ccncc23)CC1. The highest BCUT2D eigenvalue weighted by Gasteiger charge is 2.33. The van der Waals surface area contributed by atoms with Crippen molar-refractivity contribution in [3.05, 3.63) is 30.7 Å². The maximum absolute atomic E-state index is 11.8. The van der Waals surface area contributed by atoms with Crippen LogP contribution in [0.4, 0.5) is 5.69 Å². The quantitative estimate of drug-likeness (QED) is 0.643. The Morgan fingerprint density at radius 1 is 1.27 bits per heavy atom. The van der Waals surface area contributed by atoms with Gasteiger partial charge in [-0.1, -0.05) is 0 Å². The molecule has 2 aromatic heterocycles. The summed E-state index contributed by atoms with van der Waals surface area (Å²) in [5.74, 6) is -0.0134. The Labute approximate surface area is 153 Å². The van der Waals surface area contributed by atoms with Gasteiger partial charge < -0.3 is 21.1 Å². The molecule has 1 aliphatic rings. The Morgan fingerprint density at radius 3 is 2.85 bits per heavy atom. The summed E-state index contributed by atoms with van der Waals surface area (Å²) < 4.78 is 0. The largest absolute Gasteiger partial charge is 0.388 e. The van der Waals surface area contributed by atoms with Gasteiger partial charge in [0.1, 0.15) is 0 Å². The van der Waals surface area contributed by atoms with E-state index in [0.717, 1.165) is 42.5 Å². The van der Waals surface area contributed by atoms with Gasteiger partial charge >= 0.3 is 0 Å². The number of aliphatic hydroxyl groups is 1. The van der Waals surface area contributed by atoms with Gasteiger partial charge in [-0.3, -0.25) is 14.8 Å². The predicted molar refractivity (Wildman–Crippen MR) is 102 cm³/mol. The van der Waals surface area contributed by atoms with Crippen LogP contribution in [-0.2, 0) is 4.79 Å². The minimum atomic E-state index is -0.846. The van der Waals surface area contributed by atoms with Gasteiger partial charge in [0.15, 0.2) is 0 Å². The molecular formula is C19H27N5O2. The minimum absolute atomic E-state index is 0.0134. The lowest BCUT2D eigenvalue weighted by Crippen LogP contribution is -2.51. The van der Waals surface area contributed by atoms with Crippen molar-refractivity contribution in [2.24, 2.45) is 5.73 Å². The molecule has 1 fully saturated rings. The van der Waals surface area contributed by atoms with Gasteiger partial charge in [-0.25, -0.2) is 0 Å². The van der Waals surface area contributed by atoms with E-state index in [0.29, 0.717) is 32.4 Å². The zero-order chi connectivity index (χ0) is 18.4. The van der Waals surface area contributed by atoms with E-state index in [2.05, 4.69) is 20.2 Å². The molecule has 1 amide bonds. The summed E-state index contributed by atoms with van der Waals surface area (Å²) in [6.07, 6.45) is 8.71. The fraction of sp³-hybridized carbons (Fsp3) is 0.526. The number of carbonyl (C=O) groups is 1. The topological polar surface area (TPSA) is 104 Å². The second-order valence-electron chi connectivity index (χ2n) is 6.96. The van der Waals surface area contributed by atoms with E-state index in [4.69, 9.17) is 5.73 Å². The average Bonchev–Trinajstić information content (AvgIpc) is 2.67. The second kappa shape index (κ2) is 8.42. The summed E-state index contributed by atoms with van der Waals surface area (Å²) in [5.41, 5.74) is 6.60. The molecule has 0 bridgehead atoms. The van der Waals surface area contributed by atoms with Crippen LogP contribution in [0.15, 0.2) is 30.7 Å². The zero-order valence-electron chi connectivity index (χ0n) is 15.0. The number of nitrogens with one attached hydrogen (secondary N) is 1. The van der Waals surface area contributed by atoms with Crippen LogP contribution in [0.5, 0.6) is 0 Å². The summed E-state index contributed by atoms with van der Waals surface area (Å²) in [4.78, 5) is 22.7. The number of carbonyl (C=O) groups excluding carboxylic acids is 1. The van der Waals surface area contributed by atoms with Crippen molar-refractivity contribution in [1.29, 1.82) is 0 Å². The molecule has 140 valence electrons. The van der Waals surface area contributed by atoms with Crippen LogP contribution in [0.1, 0.15) is 32.1 Å². The number of hydrogen-bond acceptors (Lipinski definition) is 6. The molecule has 0 atom stereocenters. The molecule has 2 aromatic rings. The number of rotatable bonds is 7. The Hall–Kier alpha value is -2.25. The van der Waals surface area contributed by atoms with Gasteiger partial charge in [0, 0.05) is 55.7 Å². The number of piperidine rings is 1. The van der Waals surface area contributed by atoms with E-state index in [9.17, 15) is 9.90 Å². The summed E-state index contributed by atoms with van der Waals surface area (Å²) in [5, 5.41) is 14.7. The molecule has 0 unspecified atom stereocenters. The lowest BCUT2D eigenvalue weighted by Gasteiger charge is -2.39. The maximum Gasteiger partial charge on any atom is 0.220 e. The molecule has 0 radical (unpaired) electrons. The Bertz CT molecular complexity index is 738. The molecule has 0 aromatic carbocycles. The predicted octanol–water partition coefficient (Wildman–Crippen LogP) is 1.21. The molecule has 1 aliphatic heterocycles. The number of hydrogen-bond donors (Lipinski definition) is 3. The van der Waals surface area contributed by atoms with Gasteiger partial charge in [-0.15, -0.1) is 0 Å². The van der Waals surface area contributed by atoms with Crippen LogP contribution in [0, 0.1) is 0 Å². The van der Waals surface area contributed by atoms with Crippen LogP contribution in [0.2, 0.25) is 0 Å². The van der Waals surface area contributed by atoms with Crippen LogP contribution in [-0.4, -0.2) is 52.8 Å². The monoisotopic (exact) mass is 357 g/mol. The third kappa shape index (κ3) is 4.47. The third-order valence-corrected chi connectivity index (χ3v) is 5.03. The van der Waals surface area contributed by atoms with Gasteiger partial charge in [0.05, 0.1) is 11.1 Å². The molecule has 4 N–H and O–H groups in total. The highest BCUT2D eigenvalue weighted by Crippen LogP contribution is 2.30. The van der Waals surface area contributed by atoms with Crippen molar-refractivity contribution < 1.29 is 9.90 Å². The molecule has 0 aliphatic carbocycles. The number of nitrogens with zero attached hydrogens (tertiary/aromatic N) is 3. The van der Waals surface area contributed by atoms with Crippen LogP contribution >= 0.6 is 0 Å². The van der Waals surface area contributed by atoms with Gasteiger partial charge in [-0.2, -0.15) is 0 Å². The number of amides is 1. The number of unbranched alkanes of at least 4 members (excludes halogenated alkanes) is 1. The number of aromatic nitrogens is 2. The van der Waals surface area contributed by atoms with Gasteiger partial charge in [-0.05, 0) is 44.4 Å². The first kappa shape index (κ1) is 18.5. The minimum Gasteiger partial charge on any atom is -0.388 e. The number of anilines is 1. The van der Waals surface area contributed by atoms with Crippen molar-refractivity contribution in [2.45, 2.75) is 37.7 Å². The van der Waals surface area contributed by atoms with E-state index in [1.807, 2.05) is 18.3 Å². The highest BCUT2D eigenvalue weighted by atomic mass is 16.3. The normalized spacial score (nSPS) is 16.6. The summed E-state index contributed by atoms with van der Waals surface area (Å²) in [6, 6.07) is 3.90. The van der Waals surface area contributed by atoms with Crippen molar-refractivity contribution in [3.63, 3.8) is 0 Å². The summed E-state index contributed by atoms with van der Waals surface area (Å²) in [6.45, 7) is 2.37. The lowest BCUT2D eigenvalue weighted by molar-refractivity contribution is -0.122. The molecular weight excluding hydrogens is 330 g/mol. The number of nitrogens with two attached hydrogens (primary N) is 1. The van der Waals surface area contributed by atoms with Crippen molar-refractivity contribution in [3.8, 4) is 0 Å². The fourth-order valence-electron chi connectivity index (χ4n) is 3.37. The van der Waals surface area contributed by atoms with E-state index >= 15 is 0 Å². The van der Waals surface area contributed by atoms with E-state index in [1.54, 1.807) is 12.4 Å². The first-order valence-electron chi connectivity index (χ1n) is 9.24. The molecule has 0 spiro atoms. The Morgan fingerprint density at radius 2 is 2.08 bits per heavy atom. The average molecular weight is 357 g/mol. The smallest absolute Gasteiger partial charge is 0.220 e. The fourth-order valence-corrected chi connectivity index (χ4v) is 3.37. The van der Waals surface area contributed by atoms with Crippen molar-refractivity contribution in [1.82, 2.24) is 15.3 Å². The van der Waals surface area contributed by atoms with E-state index in [1.165, 1.54) is 0 Å². The summed E-state index contributed by atoms with van der Waals surface area (Å²) >= 11 is 0. The molecule has 3 rings (SSSR count). The van der Waals surface area contributed by atoms with Gasteiger partial charge in [0.25, 0.3) is 0 Å². The van der Waals surface area contributed by atoms with Gasteiger partial charge in [0.2, 0.25) is 5.91 Å². The molecule has 7 heteroatoms. The number of pyridine rings is 2. The lowest BCUT2D eigenvalue weighted by atomic mass is 9.91. The first-order valence-corrected chi connectivity index (χ1v) is 9.24. The number of fused-ring (bicyclic) bond motifs is 1. The second-order valence-corrected chi connectivity index (χ2v) is 6.96.